The highest BCUT2D eigenvalue weighted by atomic mass is 35.5. The lowest BCUT2D eigenvalue weighted by molar-refractivity contribution is -0.132. The zero-order valence-electron chi connectivity index (χ0n) is 15.1. The molecular formula is C18H26ClN3O3. The Hall–Kier alpha value is -1.79. The molecule has 2 rings (SSSR count). The SMILES string of the molecule is CCN1CCN(C(=O)CCN(C(C)=O)c2cc(Cl)ccc2OC)CC1. The first-order chi connectivity index (χ1) is 12.0. The average Bonchev–Trinajstić information content (AvgIpc) is 2.61. The Morgan fingerprint density at radius 3 is 2.48 bits per heavy atom. The summed E-state index contributed by atoms with van der Waals surface area (Å²) < 4.78 is 5.33. The molecule has 0 aliphatic carbocycles. The van der Waals surface area contributed by atoms with Crippen LogP contribution in [0.3, 0.4) is 0 Å². The molecule has 25 heavy (non-hydrogen) atoms. The normalized spacial score (nSPS) is 15.1. The Kier molecular flexibility index (Phi) is 7.08. The van der Waals surface area contributed by atoms with Crippen LogP contribution < -0.4 is 9.64 Å². The van der Waals surface area contributed by atoms with Gasteiger partial charge in [0.15, 0.2) is 0 Å². The van der Waals surface area contributed by atoms with Crippen molar-refractivity contribution in [1.82, 2.24) is 9.80 Å². The first-order valence-corrected chi connectivity index (χ1v) is 8.95. The van der Waals surface area contributed by atoms with Gasteiger partial charge in [-0.15, -0.1) is 0 Å². The van der Waals surface area contributed by atoms with E-state index in [1.54, 1.807) is 30.2 Å². The largest absolute Gasteiger partial charge is 0.495 e. The first kappa shape index (κ1) is 19.5. The minimum atomic E-state index is -0.149. The summed E-state index contributed by atoms with van der Waals surface area (Å²) >= 11 is 6.06. The lowest BCUT2D eigenvalue weighted by Gasteiger charge is -2.34. The van der Waals surface area contributed by atoms with E-state index >= 15 is 0 Å². The van der Waals surface area contributed by atoms with E-state index in [9.17, 15) is 9.59 Å². The molecule has 0 N–H and O–H groups in total. The maximum atomic E-state index is 12.5. The number of nitrogens with zero attached hydrogens (tertiary/aromatic N) is 3. The van der Waals surface area contributed by atoms with Crippen LogP contribution in [-0.2, 0) is 9.59 Å². The summed E-state index contributed by atoms with van der Waals surface area (Å²) in [4.78, 5) is 30.3. The lowest BCUT2D eigenvalue weighted by Crippen LogP contribution is -2.49. The van der Waals surface area contributed by atoms with Crippen LogP contribution in [0.1, 0.15) is 20.3 Å². The molecule has 0 aromatic heterocycles. The van der Waals surface area contributed by atoms with Crippen LogP contribution in [0.4, 0.5) is 5.69 Å². The van der Waals surface area contributed by atoms with E-state index in [1.165, 1.54) is 6.92 Å². The maximum absolute atomic E-state index is 12.5. The molecule has 0 unspecified atom stereocenters. The first-order valence-electron chi connectivity index (χ1n) is 8.58. The van der Waals surface area contributed by atoms with Crippen molar-refractivity contribution >= 4 is 29.1 Å². The minimum Gasteiger partial charge on any atom is -0.495 e. The molecular weight excluding hydrogens is 342 g/mol. The van der Waals surface area contributed by atoms with E-state index in [-0.39, 0.29) is 18.2 Å². The molecule has 0 saturated carbocycles. The van der Waals surface area contributed by atoms with E-state index in [2.05, 4.69) is 11.8 Å². The molecule has 2 amide bonds. The number of anilines is 1. The van der Waals surface area contributed by atoms with Crippen molar-refractivity contribution < 1.29 is 14.3 Å². The van der Waals surface area contributed by atoms with Crippen molar-refractivity contribution in [3.05, 3.63) is 23.2 Å². The third kappa shape index (κ3) is 5.09. The zero-order chi connectivity index (χ0) is 18.4. The van der Waals surface area contributed by atoms with E-state index in [1.807, 2.05) is 4.90 Å². The standard InChI is InChI=1S/C18H26ClN3O3/c1-4-20-9-11-21(12-10-20)18(24)7-8-22(14(2)23)16-13-15(19)5-6-17(16)25-3/h5-6,13H,4,7-12H2,1-3H3. The van der Waals surface area contributed by atoms with Crippen molar-refractivity contribution in [3.8, 4) is 5.75 Å². The van der Waals surface area contributed by atoms with Crippen LogP contribution in [0.5, 0.6) is 5.75 Å². The predicted octanol–water partition coefficient (Wildman–Crippen LogP) is 2.26. The van der Waals surface area contributed by atoms with Crippen LogP contribution in [0, 0.1) is 0 Å². The van der Waals surface area contributed by atoms with Crippen molar-refractivity contribution in [2.75, 3.05) is 51.3 Å². The molecule has 1 heterocycles. The van der Waals surface area contributed by atoms with Gasteiger partial charge in [0, 0.05) is 51.1 Å². The molecule has 1 aromatic carbocycles. The highest BCUT2D eigenvalue weighted by molar-refractivity contribution is 6.31. The molecule has 1 saturated heterocycles. The monoisotopic (exact) mass is 367 g/mol. The second kappa shape index (κ2) is 9.06. The zero-order valence-corrected chi connectivity index (χ0v) is 15.9. The van der Waals surface area contributed by atoms with Crippen LogP contribution >= 0.6 is 11.6 Å². The molecule has 7 heteroatoms. The van der Waals surface area contributed by atoms with Crippen LogP contribution in [-0.4, -0.2) is 68.0 Å². The molecule has 1 fully saturated rings. The third-order valence-corrected chi connectivity index (χ3v) is 4.77. The van der Waals surface area contributed by atoms with Gasteiger partial charge in [-0.25, -0.2) is 0 Å². The quantitative estimate of drug-likeness (QED) is 0.774. The van der Waals surface area contributed by atoms with Crippen molar-refractivity contribution in [1.29, 1.82) is 0 Å². The minimum absolute atomic E-state index is 0.0722. The van der Waals surface area contributed by atoms with E-state index in [0.29, 0.717) is 23.0 Å². The summed E-state index contributed by atoms with van der Waals surface area (Å²) in [6, 6.07) is 5.12. The van der Waals surface area contributed by atoms with Crippen LogP contribution in [0.2, 0.25) is 5.02 Å². The molecule has 6 nitrogen and oxygen atoms in total. The van der Waals surface area contributed by atoms with Gasteiger partial charge in [-0.2, -0.15) is 0 Å². The summed E-state index contributed by atoms with van der Waals surface area (Å²) in [5.41, 5.74) is 0.589. The predicted molar refractivity (Wildman–Crippen MR) is 99.3 cm³/mol. The number of ether oxygens (including phenoxy) is 1. The van der Waals surface area contributed by atoms with Crippen LogP contribution in [0.15, 0.2) is 18.2 Å². The van der Waals surface area contributed by atoms with Gasteiger partial charge >= 0.3 is 0 Å². The third-order valence-electron chi connectivity index (χ3n) is 4.53. The Morgan fingerprint density at radius 2 is 1.92 bits per heavy atom. The second-order valence-electron chi connectivity index (χ2n) is 6.05. The summed E-state index contributed by atoms with van der Waals surface area (Å²) in [5, 5.41) is 0.518. The number of methoxy groups -OCH3 is 1. The Bertz CT molecular complexity index is 616. The average molecular weight is 368 g/mol. The molecule has 0 atom stereocenters. The second-order valence-corrected chi connectivity index (χ2v) is 6.49. The van der Waals surface area contributed by atoms with Crippen LogP contribution in [0.25, 0.3) is 0 Å². The van der Waals surface area contributed by atoms with Gasteiger partial charge < -0.3 is 19.4 Å². The van der Waals surface area contributed by atoms with Gasteiger partial charge in [0.2, 0.25) is 11.8 Å². The van der Waals surface area contributed by atoms with Gasteiger partial charge in [-0.05, 0) is 24.7 Å². The topological polar surface area (TPSA) is 53.1 Å². The van der Waals surface area contributed by atoms with Gasteiger partial charge in [0.1, 0.15) is 5.75 Å². The number of carbonyl (C=O) groups is 2. The number of amides is 2. The van der Waals surface area contributed by atoms with Crippen molar-refractivity contribution in [2.45, 2.75) is 20.3 Å². The number of hydrogen-bond donors (Lipinski definition) is 0. The summed E-state index contributed by atoms with van der Waals surface area (Å²) in [5.74, 6) is 0.482. The van der Waals surface area contributed by atoms with Crippen molar-refractivity contribution in [2.24, 2.45) is 0 Å². The molecule has 0 radical (unpaired) electrons. The number of likely N-dealkylation sites (N-methyl/N-ethyl adjacent to an activating group) is 1. The Morgan fingerprint density at radius 1 is 1.24 bits per heavy atom. The summed E-state index contributed by atoms with van der Waals surface area (Å²) in [7, 11) is 1.55. The summed E-state index contributed by atoms with van der Waals surface area (Å²) in [6.45, 7) is 8.21. The number of hydrogen-bond acceptors (Lipinski definition) is 4. The molecule has 1 aliphatic heterocycles. The molecule has 0 spiro atoms. The molecule has 1 aliphatic rings. The van der Waals surface area contributed by atoms with Gasteiger partial charge in [-0.1, -0.05) is 18.5 Å². The molecule has 138 valence electrons. The van der Waals surface area contributed by atoms with E-state index in [0.717, 1.165) is 32.7 Å². The Balaban J connectivity index is 2.02. The summed E-state index contributed by atoms with van der Waals surface area (Å²) in [6.07, 6.45) is 0.279. The smallest absolute Gasteiger partial charge is 0.224 e. The van der Waals surface area contributed by atoms with E-state index in [4.69, 9.17) is 16.3 Å². The van der Waals surface area contributed by atoms with E-state index < -0.39 is 0 Å². The number of rotatable bonds is 6. The van der Waals surface area contributed by atoms with Crippen molar-refractivity contribution in [3.63, 3.8) is 0 Å². The highest BCUT2D eigenvalue weighted by Crippen LogP contribution is 2.31. The fourth-order valence-corrected chi connectivity index (χ4v) is 3.17. The fourth-order valence-electron chi connectivity index (χ4n) is 3.00. The number of halogens is 1. The highest BCUT2D eigenvalue weighted by Gasteiger charge is 2.22. The Labute approximate surface area is 154 Å². The van der Waals surface area contributed by atoms with Gasteiger partial charge in [0.05, 0.1) is 12.8 Å². The number of piperazine rings is 1. The van der Waals surface area contributed by atoms with Gasteiger partial charge in [0.25, 0.3) is 0 Å². The lowest BCUT2D eigenvalue weighted by atomic mass is 10.2. The maximum Gasteiger partial charge on any atom is 0.224 e. The van der Waals surface area contributed by atoms with Gasteiger partial charge in [-0.3, -0.25) is 9.59 Å². The number of benzene rings is 1. The molecule has 0 bridgehead atoms. The molecule has 1 aromatic rings. The number of carbonyl (C=O) groups excluding carboxylic acids is 2. The fraction of sp³-hybridized carbons (Fsp3) is 0.556.